The lowest BCUT2D eigenvalue weighted by molar-refractivity contribution is 0.396. The lowest BCUT2D eigenvalue weighted by Gasteiger charge is -2.29. The SMILES string of the molecule is CC(C)Nc1c(C2CCC(N)CC2)c(N)nn2ccnc12. The third-order valence-electron chi connectivity index (χ3n) is 4.22. The van der Waals surface area contributed by atoms with Crippen molar-refractivity contribution in [3.05, 3.63) is 18.0 Å². The van der Waals surface area contributed by atoms with Crippen LogP contribution in [0.15, 0.2) is 12.4 Å². The first-order valence-corrected chi connectivity index (χ1v) is 7.71. The number of nitrogens with one attached hydrogen (secondary N) is 1. The van der Waals surface area contributed by atoms with Gasteiger partial charge in [-0.05, 0) is 45.4 Å². The number of nitrogens with zero attached hydrogens (tertiary/aromatic N) is 3. The Labute approximate surface area is 124 Å². The average molecular weight is 288 g/mol. The molecule has 0 unspecified atom stereocenters. The van der Waals surface area contributed by atoms with Crippen LogP contribution in [-0.4, -0.2) is 26.7 Å². The highest BCUT2D eigenvalue weighted by molar-refractivity contribution is 5.76. The average Bonchev–Trinajstić information content (AvgIpc) is 2.88. The number of hydrogen-bond donors (Lipinski definition) is 3. The van der Waals surface area contributed by atoms with Crippen molar-refractivity contribution >= 4 is 17.2 Å². The zero-order valence-corrected chi connectivity index (χ0v) is 12.7. The molecule has 1 aliphatic carbocycles. The van der Waals surface area contributed by atoms with Gasteiger partial charge in [0.25, 0.3) is 0 Å². The summed E-state index contributed by atoms with van der Waals surface area (Å²) in [7, 11) is 0. The number of hydrogen-bond acceptors (Lipinski definition) is 5. The number of rotatable bonds is 3. The van der Waals surface area contributed by atoms with Gasteiger partial charge in [0.05, 0.1) is 5.69 Å². The number of nitrogen functional groups attached to an aromatic ring is 1. The number of aromatic nitrogens is 3. The standard InChI is InChI=1S/C15H24N6/c1-9(2)19-13-12(10-3-5-11(16)6-4-10)14(17)20-21-8-7-18-15(13)21/h7-11,19H,3-6,16H2,1-2H3,(H2,17,20). The normalized spacial score (nSPS) is 22.9. The van der Waals surface area contributed by atoms with Crippen LogP contribution >= 0.6 is 0 Å². The minimum atomic E-state index is 0.317. The topological polar surface area (TPSA) is 94.3 Å². The third kappa shape index (κ3) is 2.68. The van der Waals surface area contributed by atoms with Gasteiger partial charge in [-0.2, -0.15) is 0 Å². The number of fused-ring (bicyclic) bond motifs is 1. The second-order valence-electron chi connectivity index (χ2n) is 6.28. The Balaban J connectivity index is 2.08. The van der Waals surface area contributed by atoms with Crippen LogP contribution in [0.2, 0.25) is 0 Å². The van der Waals surface area contributed by atoms with Crippen molar-refractivity contribution in [1.82, 2.24) is 14.6 Å². The highest BCUT2D eigenvalue weighted by atomic mass is 15.3. The summed E-state index contributed by atoms with van der Waals surface area (Å²) in [6.07, 6.45) is 7.81. The molecular formula is C15H24N6. The summed E-state index contributed by atoms with van der Waals surface area (Å²) in [4.78, 5) is 4.44. The summed E-state index contributed by atoms with van der Waals surface area (Å²) in [5.74, 6) is 1.02. The lowest BCUT2D eigenvalue weighted by atomic mass is 9.81. The van der Waals surface area contributed by atoms with Gasteiger partial charge in [0.2, 0.25) is 0 Å². The molecule has 0 bridgehead atoms. The smallest absolute Gasteiger partial charge is 0.177 e. The van der Waals surface area contributed by atoms with Crippen molar-refractivity contribution in [2.24, 2.45) is 5.73 Å². The molecule has 0 aromatic carbocycles. The van der Waals surface area contributed by atoms with Gasteiger partial charge in [-0.3, -0.25) is 0 Å². The maximum Gasteiger partial charge on any atom is 0.177 e. The Bertz CT molecular complexity index is 624. The molecule has 2 aromatic heterocycles. The predicted octanol–water partition coefficient (Wildman–Crippen LogP) is 2.12. The maximum atomic E-state index is 6.26. The van der Waals surface area contributed by atoms with Crippen molar-refractivity contribution in [2.75, 3.05) is 11.1 Å². The van der Waals surface area contributed by atoms with Crippen LogP contribution in [0, 0.1) is 0 Å². The molecule has 2 aromatic rings. The Morgan fingerprint density at radius 2 is 2.00 bits per heavy atom. The highest BCUT2D eigenvalue weighted by Gasteiger charge is 2.27. The van der Waals surface area contributed by atoms with E-state index in [4.69, 9.17) is 11.5 Å². The lowest BCUT2D eigenvalue weighted by Crippen LogP contribution is -2.27. The van der Waals surface area contributed by atoms with Gasteiger partial charge in [-0.1, -0.05) is 0 Å². The molecule has 2 heterocycles. The first-order chi connectivity index (χ1) is 10.1. The molecule has 0 aliphatic heterocycles. The van der Waals surface area contributed by atoms with E-state index in [9.17, 15) is 0 Å². The van der Waals surface area contributed by atoms with Crippen molar-refractivity contribution in [3.8, 4) is 0 Å². The first kappa shape index (κ1) is 14.1. The van der Waals surface area contributed by atoms with Crippen LogP contribution in [0.25, 0.3) is 5.65 Å². The number of anilines is 2. The largest absolute Gasteiger partial charge is 0.382 e. The molecule has 0 spiro atoms. The molecule has 0 amide bonds. The monoisotopic (exact) mass is 288 g/mol. The molecule has 114 valence electrons. The molecule has 3 rings (SSSR count). The van der Waals surface area contributed by atoms with Crippen LogP contribution in [0.4, 0.5) is 11.5 Å². The van der Waals surface area contributed by atoms with Crippen LogP contribution < -0.4 is 16.8 Å². The molecular weight excluding hydrogens is 264 g/mol. The molecule has 6 heteroatoms. The van der Waals surface area contributed by atoms with E-state index < -0.39 is 0 Å². The molecule has 1 fully saturated rings. The van der Waals surface area contributed by atoms with Gasteiger partial charge in [0, 0.05) is 30.0 Å². The van der Waals surface area contributed by atoms with E-state index in [-0.39, 0.29) is 0 Å². The van der Waals surface area contributed by atoms with Crippen molar-refractivity contribution in [1.29, 1.82) is 0 Å². The summed E-state index contributed by atoms with van der Waals surface area (Å²) >= 11 is 0. The fraction of sp³-hybridized carbons (Fsp3) is 0.600. The van der Waals surface area contributed by atoms with Crippen molar-refractivity contribution < 1.29 is 0 Å². The van der Waals surface area contributed by atoms with Gasteiger partial charge < -0.3 is 16.8 Å². The van der Waals surface area contributed by atoms with Crippen molar-refractivity contribution in [2.45, 2.75) is 57.5 Å². The maximum absolute atomic E-state index is 6.26. The first-order valence-electron chi connectivity index (χ1n) is 7.71. The quantitative estimate of drug-likeness (QED) is 0.804. The van der Waals surface area contributed by atoms with Gasteiger partial charge in [0.1, 0.15) is 5.82 Å². The number of nitrogens with two attached hydrogens (primary N) is 2. The zero-order chi connectivity index (χ0) is 15.0. The van der Waals surface area contributed by atoms with Gasteiger partial charge in [-0.15, -0.1) is 5.10 Å². The molecule has 21 heavy (non-hydrogen) atoms. The summed E-state index contributed by atoms with van der Waals surface area (Å²) in [6.45, 7) is 4.24. The van der Waals surface area contributed by atoms with E-state index >= 15 is 0 Å². The second-order valence-corrected chi connectivity index (χ2v) is 6.28. The molecule has 0 atom stereocenters. The Morgan fingerprint density at radius 3 is 2.67 bits per heavy atom. The second kappa shape index (κ2) is 5.52. The Hall–Kier alpha value is -1.82. The van der Waals surface area contributed by atoms with Crippen molar-refractivity contribution in [3.63, 3.8) is 0 Å². The Morgan fingerprint density at radius 1 is 1.29 bits per heavy atom. The summed E-state index contributed by atoms with van der Waals surface area (Å²) in [5, 5.41) is 7.98. The van der Waals surface area contributed by atoms with E-state index in [2.05, 4.69) is 29.2 Å². The minimum absolute atomic E-state index is 0.317. The zero-order valence-electron chi connectivity index (χ0n) is 12.7. The van der Waals surface area contributed by atoms with E-state index in [0.29, 0.717) is 23.8 Å². The molecule has 1 aliphatic rings. The van der Waals surface area contributed by atoms with Gasteiger partial charge >= 0.3 is 0 Å². The molecule has 6 nitrogen and oxygen atoms in total. The van der Waals surface area contributed by atoms with Crippen LogP contribution in [0.1, 0.15) is 51.0 Å². The van der Waals surface area contributed by atoms with Crippen LogP contribution in [-0.2, 0) is 0 Å². The third-order valence-corrected chi connectivity index (χ3v) is 4.22. The molecule has 0 radical (unpaired) electrons. The fourth-order valence-electron chi connectivity index (χ4n) is 3.23. The van der Waals surface area contributed by atoms with E-state index in [1.807, 2.05) is 6.20 Å². The number of imidazole rings is 1. The molecule has 5 N–H and O–H groups in total. The van der Waals surface area contributed by atoms with E-state index in [1.54, 1.807) is 10.7 Å². The molecule has 0 saturated heterocycles. The summed E-state index contributed by atoms with van der Waals surface area (Å²) < 4.78 is 1.75. The van der Waals surface area contributed by atoms with Crippen LogP contribution in [0.5, 0.6) is 0 Å². The Kier molecular flexibility index (Phi) is 3.71. The summed E-state index contributed by atoms with van der Waals surface area (Å²) in [5.41, 5.74) is 15.3. The van der Waals surface area contributed by atoms with E-state index in [0.717, 1.165) is 42.6 Å². The molecule has 1 saturated carbocycles. The van der Waals surface area contributed by atoms with Gasteiger partial charge in [-0.25, -0.2) is 9.50 Å². The fourth-order valence-corrected chi connectivity index (χ4v) is 3.23. The van der Waals surface area contributed by atoms with E-state index in [1.165, 1.54) is 0 Å². The highest BCUT2D eigenvalue weighted by Crippen LogP contribution is 2.40. The van der Waals surface area contributed by atoms with Crippen LogP contribution in [0.3, 0.4) is 0 Å². The summed E-state index contributed by atoms with van der Waals surface area (Å²) in [6, 6.07) is 0.643. The minimum Gasteiger partial charge on any atom is -0.382 e. The van der Waals surface area contributed by atoms with Gasteiger partial charge in [0.15, 0.2) is 5.65 Å². The predicted molar refractivity (Wildman–Crippen MR) is 85.3 cm³/mol.